The monoisotopic (exact) mass is 426 g/mol. The van der Waals surface area contributed by atoms with Gasteiger partial charge in [0.05, 0.1) is 26.2 Å². The molecular formula is C24H26O7. The van der Waals surface area contributed by atoms with Crippen LogP contribution < -0.4 is 14.2 Å². The van der Waals surface area contributed by atoms with Crippen LogP contribution in [0.4, 0.5) is 0 Å². The zero-order valence-corrected chi connectivity index (χ0v) is 17.6. The number of Topliss-reactive ketones (excluding diaryl/α,β-unsaturated/α-hetero) is 2. The smallest absolute Gasteiger partial charge is 0.306 e. The van der Waals surface area contributed by atoms with Crippen molar-refractivity contribution in [3.05, 3.63) is 53.6 Å². The van der Waals surface area contributed by atoms with Crippen molar-refractivity contribution in [1.82, 2.24) is 0 Å². The van der Waals surface area contributed by atoms with E-state index in [1.807, 2.05) is 6.92 Å². The molecule has 0 bridgehead atoms. The lowest BCUT2D eigenvalue weighted by Gasteiger charge is -2.09. The zero-order chi connectivity index (χ0) is 22.1. The van der Waals surface area contributed by atoms with Gasteiger partial charge in [-0.1, -0.05) is 6.92 Å². The fourth-order valence-electron chi connectivity index (χ4n) is 2.96. The lowest BCUT2D eigenvalue weighted by atomic mass is 10.1. The number of carbonyl (C=O) groups excluding carboxylic acids is 3. The van der Waals surface area contributed by atoms with E-state index >= 15 is 0 Å². The molecule has 2 aromatic rings. The molecule has 0 aliphatic carbocycles. The predicted molar refractivity (Wildman–Crippen MR) is 113 cm³/mol. The van der Waals surface area contributed by atoms with E-state index in [9.17, 15) is 14.4 Å². The third-order valence-electron chi connectivity index (χ3n) is 4.64. The highest BCUT2D eigenvalue weighted by atomic mass is 16.5. The molecule has 1 heterocycles. The van der Waals surface area contributed by atoms with Crippen LogP contribution >= 0.6 is 0 Å². The molecule has 7 nitrogen and oxygen atoms in total. The van der Waals surface area contributed by atoms with E-state index in [1.165, 1.54) is 0 Å². The van der Waals surface area contributed by atoms with Crippen LogP contribution in [-0.2, 0) is 9.53 Å². The Bertz CT molecular complexity index is 918. The first-order valence-corrected chi connectivity index (χ1v) is 10.4. The summed E-state index contributed by atoms with van der Waals surface area (Å²) in [6.45, 7) is 3.32. The molecule has 0 fully saturated rings. The molecule has 0 spiro atoms. The van der Waals surface area contributed by atoms with Crippen molar-refractivity contribution in [3.63, 3.8) is 0 Å². The second-order valence-electron chi connectivity index (χ2n) is 7.09. The van der Waals surface area contributed by atoms with Gasteiger partial charge in [-0.2, -0.15) is 0 Å². The van der Waals surface area contributed by atoms with Gasteiger partial charge >= 0.3 is 5.97 Å². The van der Waals surface area contributed by atoms with Crippen LogP contribution in [-0.4, -0.2) is 44.0 Å². The minimum atomic E-state index is -0.598. The number of hydrogen-bond acceptors (Lipinski definition) is 7. The van der Waals surface area contributed by atoms with E-state index in [0.717, 1.165) is 12.8 Å². The normalized spacial score (nSPS) is 12.5. The van der Waals surface area contributed by atoms with Gasteiger partial charge in [0.25, 0.3) is 0 Å². The second-order valence-corrected chi connectivity index (χ2v) is 7.09. The zero-order valence-electron chi connectivity index (χ0n) is 17.6. The van der Waals surface area contributed by atoms with Gasteiger partial charge in [0.2, 0.25) is 0 Å². The number of fused-ring (bicyclic) bond motifs is 1. The van der Waals surface area contributed by atoms with Crippen LogP contribution in [0.25, 0.3) is 0 Å². The fourth-order valence-corrected chi connectivity index (χ4v) is 2.96. The van der Waals surface area contributed by atoms with Crippen molar-refractivity contribution < 1.29 is 33.3 Å². The van der Waals surface area contributed by atoms with Crippen LogP contribution in [0.3, 0.4) is 0 Å². The highest BCUT2D eigenvalue weighted by Gasteiger charge is 2.16. The number of ketones is 2. The summed E-state index contributed by atoms with van der Waals surface area (Å²) in [7, 11) is 0. The quantitative estimate of drug-likeness (QED) is 0.419. The van der Waals surface area contributed by atoms with Crippen LogP contribution in [0, 0.1) is 0 Å². The Kier molecular flexibility index (Phi) is 8.04. The molecule has 31 heavy (non-hydrogen) atoms. The van der Waals surface area contributed by atoms with Crippen molar-refractivity contribution in [2.24, 2.45) is 0 Å². The number of benzene rings is 2. The number of hydrogen-bond donors (Lipinski definition) is 0. The summed E-state index contributed by atoms with van der Waals surface area (Å²) < 4.78 is 21.6. The average Bonchev–Trinajstić information content (AvgIpc) is 3.04. The number of rotatable bonds is 10. The molecule has 0 atom stereocenters. The third kappa shape index (κ3) is 6.57. The Hall–Kier alpha value is -3.35. The first kappa shape index (κ1) is 22.3. The molecule has 7 heteroatoms. The summed E-state index contributed by atoms with van der Waals surface area (Å²) in [5.41, 5.74) is 0.874. The standard InChI is InChI=1S/C24H26O7/c1-2-12-28-19-7-4-17(5-8-19)20(25)9-11-24(27)31-16-21(26)18-6-10-22-23(15-18)30-14-3-13-29-22/h4-8,10,15H,2-3,9,11-14,16H2,1H3. The summed E-state index contributed by atoms with van der Waals surface area (Å²) in [5.74, 6) is 0.678. The van der Waals surface area contributed by atoms with Gasteiger partial charge in [0.15, 0.2) is 29.7 Å². The Morgan fingerprint density at radius 3 is 2.32 bits per heavy atom. The summed E-state index contributed by atoms with van der Waals surface area (Å²) in [5, 5.41) is 0. The Balaban J connectivity index is 1.44. The maximum atomic E-state index is 12.3. The van der Waals surface area contributed by atoms with Gasteiger partial charge in [0, 0.05) is 24.0 Å². The van der Waals surface area contributed by atoms with Crippen molar-refractivity contribution in [2.75, 3.05) is 26.4 Å². The molecule has 0 amide bonds. The summed E-state index contributed by atoms with van der Waals surface area (Å²) in [6, 6.07) is 11.7. The number of carbonyl (C=O) groups is 3. The molecule has 0 saturated carbocycles. The van der Waals surface area contributed by atoms with Gasteiger partial charge in [-0.05, 0) is 48.9 Å². The fraction of sp³-hybridized carbons (Fsp3) is 0.375. The number of ether oxygens (including phenoxy) is 4. The molecule has 0 unspecified atom stereocenters. The average molecular weight is 426 g/mol. The van der Waals surface area contributed by atoms with E-state index in [-0.39, 0.29) is 24.4 Å². The number of esters is 1. The van der Waals surface area contributed by atoms with Gasteiger partial charge in [-0.15, -0.1) is 0 Å². The van der Waals surface area contributed by atoms with Gasteiger partial charge in [0.1, 0.15) is 5.75 Å². The predicted octanol–water partition coefficient (Wildman–Crippen LogP) is 4.03. The maximum absolute atomic E-state index is 12.3. The van der Waals surface area contributed by atoms with E-state index in [4.69, 9.17) is 18.9 Å². The Morgan fingerprint density at radius 2 is 1.58 bits per heavy atom. The van der Waals surface area contributed by atoms with Crippen molar-refractivity contribution in [2.45, 2.75) is 32.6 Å². The Morgan fingerprint density at radius 1 is 0.871 bits per heavy atom. The van der Waals surface area contributed by atoms with Crippen LogP contribution in [0.15, 0.2) is 42.5 Å². The molecule has 0 radical (unpaired) electrons. The van der Waals surface area contributed by atoms with Crippen molar-refractivity contribution >= 4 is 17.5 Å². The molecule has 1 aliphatic rings. The third-order valence-corrected chi connectivity index (χ3v) is 4.64. The lowest BCUT2D eigenvalue weighted by Crippen LogP contribution is -2.15. The highest BCUT2D eigenvalue weighted by Crippen LogP contribution is 2.30. The minimum absolute atomic E-state index is 0.00616. The lowest BCUT2D eigenvalue weighted by molar-refractivity contribution is -0.142. The summed E-state index contributed by atoms with van der Waals surface area (Å²) in [4.78, 5) is 36.6. The maximum Gasteiger partial charge on any atom is 0.306 e. The van der Waals surface area contributed by atoms with Crippen LogP contribution in [0.5, 0.6) is 17.2 Å². The molecule has 3 rings (SSSR count). The van der Waals surface area contributed by atoms with Gasteiger partial charge < -0.3 is 18.9 Å². The summed E-state index contributed by atoms with van der Waals surface area (Å²) in [6.07, 6.45) is 1.58. The Labute approximate surface area is 181 Å². The van der Waals surface area contributed by atoms with E-state index in [0.29, 0.717) is 48.2 Å². The van der Waals surface area contributed by atoms with Crippen LogP contribution in [0.2, 0.25) is 0 Å². The van der Waals surface area contributed by atoms with Crippen molar-refractivity contribution in [3.8, 4) is 17.2 Å². The minimum Gasteiger partial charge on any atom is -0.494 e. The SMILES string of the molecule is CCCOc1ccc(C(=O)CCC(=O)OCC(=O)c2ccc3c(c2)OCCCO3)cc1. The van der Waals surface area contributed by atoms with Crippen LogP contribution in [0.1, 0.15) is 53.3 Å². The van der Waals surface area contributed by atoms with Gasteiger partial charge in [-0.25, -0.2) is 0 Å². The van der Waals surface area contributed by atoms with E-state index < -0.39 is 12.6 Å². The molecule has 2 aromatic carbocycles. The first-order valence-electron chi connectivity index (χ1n) is 10.4. The molecular weight excluding hydrogens is 400 g/mol. The van der Waals surface area contributed by atoms with E-state index in [1.54, 1.807) is 42.5 Å². The molecule has 0 saturated heterocycles. The molecule has 164 valence electrons. The molecule has 0 N–H and O–H groups in total. The highest BCUT2D eigenvalue weighted by molar-refractivity contribution is 5.99. The van der Waals surface area contributed by atoms with E-state index in [2.05, 4.69) is 0 Å². The second kappa shape index (κ2) is 11.2. The molecule has 1 aliphatic heterocycles. The first-order chi connectivity index (χ1) is 15.1. The summed E-state index contributed by atoms with van der Waals surface area (Å²) >= 11 is 0. The van der Waals surface area contributed by atoms with Crippen molar-refractivity contribution in [1.29, 1.82) is 0 Å². The van der Waals surface area contributed by atoms with Gasteiger partial charge in [-0.3, -0.25) is 14.4 Å². The largest absolute Gasteiger partial charge is 0.494 e. The molecule has 0 aromatic heterocycles. The topological polar surface area (TPSA) is 88.1 Å².